The van der Waals surface area contributed by atoms with E-state index < -0.39 is 0 Å². The Hall–Kier alpha value is -1.35. The molecule has 1 aromatic heterocycles. The Morgan fingerprint density at radius 3 is 2.60 bits per heavy atom. The monoisotopic (exact) mass is 275 g/mol. The molecule has 1 rings (SSSR count). The SMILES string of the molecule is C=CCCCN(C)c1cc(CNC)cc(C(C)(C)C)n1. The van der Waals surface area contributed by atoms with E-state index in [2.05, 4.69) is 56.7 Å². The number of pyridine rings is 1. The minimum Gasteiger partial charge on any atom is -0.360 e. The van der Waals surface area contributed by atoms with E-state index >= 15 is 0 Å². The molecule has 0 spiro atoms. The molecule has 112 valence electrons. The van der Waals surface area contributed by atoms with Gasteiger partial charge in [-0.1, -0.05) is 26.8 Å². The Bertz CT molecular complexity index is 432. The Labute approximate surface area is 124 Å². The summed E-state index contributed by atoms with van der Waals surface area (Å²) in [6.45, 7) is 12.3. The highest BCUT2D eigenvalue weighted by molar-refractivity contribution is 5.43. The highest BCUT2D eigenvalue weighted by Gasteiger charge is 2.18. The Morgan fingerprint density at radius 2 is 2.05 bits per heavy atom. The van der Waals surface area contributed by atoms with Crippen molar-refractivity contribution < 1.29 is 0 Å². The molecule has 3 heteroatoms. The summed E-state index contributed by atoms with van der Waals surface area (Å²) in [4.78, 5) is 7.07. The molecule has 3 nitrogen and oxygen atoms in total. The van der Waals surface area contributed by atoms with Crippen molar-refractivity contribution in [2.75, 3.05) is 25.5 Å². The van der Waals surface area contributed by atoms with Crippen molar-refractivity contribution in [1.82, 2.24) is 10.3 Å². The zero-order chi connectivity index (χ0) is 15.2. The number of anilines is 1. The van der Waals surface area contributed by atoms with Crippen LogP contribution in [0.25, 0.3) is 0 Å². The Morgan fingerprint density at radius 1 is 1.35 bits per heavy atom. The van der Waals surface area contributed by atoms with E-state index in [4.69, 9.17) is 4.98 Å². The highest BCUT2D eigenvalue weighted by atomic mass is 15.2. The first-order valence-electron chi connectivity index (χ1n) is 7.36. The van der Waals surface area contributed by atoms with E-state index in [1.165, 1.54) is 5.56 Å². The van der Waals surface area contributed by atoms with Crippen LogP contribution in [0.4, 0.5) is 5.82 Å². The summed E-state index contributed by atoms with van der Waals surface area (Å²) < 4.78 is 0. The van der Waals surface area contributed by atoms with Crippen LogP contribution in [0.5, 0.6) is 0 Å². The smallest absolute Gasteiger partial charge is 0.128 e. The summed E-state index contributed by atoms with van der Waals surface area (Å²) in [6, 6.07) is 4.39. The molecule has 0 bridgehead atoms. The Balaban J connectivity index is 2.98. The number of nitrogens with one attached hydrogen (secondary N) is 1. The summed E-state index contributed by atoms with van der Waals surface area (Å²) in [5.41, 5.74) is 2.51. The molecular weight excluding hydrogens is 246 g/mol. The van der Waals surface area contributed by atoms with Gasteiger partial charge in [0, 0.05) is 31.2 Å². The zero-order valence-corrected chi connectivity index (χ0v) is 13.7. The molecule has 0 amide bonds. The molecule has 0 aliphatic heterocycles. The fourth-order valence-corrected chi connectivity index (χ4v) is 2.04. The first-order valence-corrected chi connectivity index (χ1v) is 7.36. The van der Waals surface area contributed by atoms with Gasteiger partial charge in [-0.3, -0.25) is 0 Å². The van der Waals surface area contributed by atoms with E-state index in [9.17, 15) is 0 Å². The lowest BCUT2D eigenvalue weighted by Gasteiger charge is -2.24. The molecule has 0 unspecified atom stereocenters. The summed E-state index contributed by atoms with van der Waals surface area (Å²) in [7, 11) is 4.09. The van der Waals surface area contributed by atoms with E-state index in [-0.39, 0.29) is 5.41 Å². The van der Waals surface area contributed by atoms with Gasteiger partial charge in [0.15, 0.2) is 0 Å². The summed E-state index contributed by atoms with van der Waals surface area (Å²) in [6.07, 6.45) is 4.13. The van der Waals surface area contributed by atoms with E-state index in [0.717, 1.165) is 37.4 Å². The third kappa shape index (κ3) is 4.97. The number of hydrogen-bond acceptors (Lipinski definition) is 3. The van der Waals surface area contributed by atoms with Crippen molar-refractivity contribution in [3.63, 3.8) is 0 Å². The second-order valence-corrected chi connectivity index (χ2v) is 6.35. The number of unbranched alkanes of at least 4 members (excludes halogenated alkanes) is 1. The van der Waals surface area contributed by atoms with Crippen LogP contribution in [0.2, 0.25) is 0 Å². The molecule has 0 atom stereocenters. The predicted octanol–water partition coefficient (Wildman–Crippen LogP) is 3.50. The van der Waals surface area contributed by atoms with Crippen LogP contribution in [-0.4, -0.2) is 25.6 Å². The normalized spacial score (nSPS) is 11.4. The van der Waals surface area contributed by atoms with Crippen molar-refractivity contribution >= 4 is 5.82 Å². The van der Waals surface area contributed by atoms with Crippen LogP contribution in [-0.2, 0) is 12.0 Å². The molecule has 20 heavy (non-hydrogen) atoms. The molecule has 0 saturated carbocycles. The maximum atomic E-state index is 4.84. The van der Waals surface area contributed by atoms with Crippen LogP contribution in [0.15, 0.2) is 24.8 Å². The molecule has 0 aliphatic carbocycles. The number of nitrogens with zero attached hydrogens (tertiary/aromatic N) is 2. The standard InChI is InChI=1S/C17H29N3/c1-7-8-9-10-20(6)16-12-14(13-18-5)11-15(19-16)17(2,3)4/h7,11-12,18H,1,8-10,13H2,2-6H3. The van der Waals surface area contributed by atoms with Gasteiger partial charge in [-0.25, -0.2) is 4.98 Å². The average Bonchev–Trinajstić information content (AvgIpc) is 2.38. The fraction of sp³-hybridized carbons (Fsp3) is 0.588. The largest absolute Gasteiger partial charge is 0.360 e. The quantitative estimate of drug-likeness (QED) is 0.610. The molecule has 0 fully saturated rings. The van der Waals surface area contributed by atoms with Crippen LogP contribution in [0, 0.1) is 0 Å². The van der Waals surface area contributed by atoms with Gasteiger partial charge in [0.05, 0.1) is 0 Å². The van der Waals surface area contributed by atoms with Crippen molar-refractivity contribution in [1.29, 1.82) is 0 Å². The molecule has 0 saturated heterocycles. The van der Waals surface area contributed by atoms with Crippen molar-refractivity contribution in [3.05, 3.63) is 36.0 Å². The van der Waals surface area contributed by atoms with Crippen molar-refractivity contribution in [2.24, 2.45) is 0 Å². The van der Waals surface area contributed by atoms with Gasteiger partial charge in [0.25, 0.3) is 0 Å². The second-order valence-electron chi connectivity index (χ2n) is 6.35. The van der Waals surface area contributed by atoms with Gasteiger partial charge < -0.3 is 10.2 Å². The first kappa shape index (κ1) is 16.7. The lowest BCUT2D eigenvalue weighted by atomic mass is 9.90. The summed E-state index contributed by atoms with van der Waals surface area (Å²) >= 11 is 0. The van der Waals surface area contributed by atoms with Crippen LogP contribution in [0.3, 0.4) is 0 Å². The molecule has 1 aromatic rings. The van der Waals surface area contributed by atoms with Crippen LogP contribution < -0.4 is 10.2 Å². The number of hydrogen-bond donors (Lipinski definition) is 1. The van der Waals surface area contributed by atoms with Gasteiger partial charge in [0.1, 0.15) is 5.82 Å². The van der Waals surface area contributed by atoms with Gasteiger partial charge >= 0.3 is 0 Å². The number of aromatic nitrogens is 1. The minimum absolute atomic E-state index is 0.0699. The summed E-state index contributed by atoms with van der Waals surface area (Å²) in [5, 5.41) is 3.22. The maximum absolute atomic E-state index is 4.84. The highest BCUT2D eigenvalue weighted by Crippen LogP contribution is 2.24. The lowest BCUT2D eigenvalue weighted by Crippen LogP contribution is -2.23. The van der Waals surface area contributed by atoms with E-state index in [1.54, 1.807) is 0 Å². The third-order valence-electron chi connectivity index (χ3n) is 3.31. The van der Waals surface area contributed by atoms with Gasteiger partial charge in [0.2, 0.25) is 0 Å². The van der Waals surface area contributed by atoms with Crippen molar-refractivity contribution in [3.8, 4) is 0 Å². The molecule has 1 N–H and O–H groups in total. The summed E-state index contributed by atoms with van der Waals surface area (Å²) in [5.74, 6) is 1.06. The van der Waals surface area contributed by atoms with Crippen molar-refractivity contribution in [2.45, 2.75) is 45.6 Å². The minimum atomic E-state index is 0.0699. The Kier molecular flexibility index (Phi) is 6.21. The van der Waals surface area contributed by atoms with Crippen LogP contribution >= 0.6 is 0 Å². The topological polar surface area (TPSA) is 28.2 Å². The molecule has 0 aliphatic rings. The third-order valence-corrected chi connectivity index (χ3v) is 3.31. The van der Waals surface area contributed by atoms with Crippen LogP contribution in [0.1, 0.15) is 44.9 Å². The second kappa shape index (κ2) is 7.44. The van der Waals surface area contributed by atoms with Gasteiger partial charge in [-0.2, -0.15) is 0 Å². The lowest BCUT2D eigenvalue weighted by molar-refractivity contribution is 0.566. The van der Waals surface area contributed by atoms with E-state index in [0.29, 0.717) is 0 Å². The fourth-order valence-electron chi connectivity index (χ4n) is 2.04. The molecule has 0 aromatic carbocycles. The first-order chi connectivity index (χ1) is 9.38. The van der Waals surface area contributed by atoms with E-state index in [1.807, 2.05) is 13.1 Å². The zero-order valence-electron chi connectivity index (χ0n) is 13.7. The average molecular weight is 275 g/mol. The molecular formula is C17H29N3. The molecule has 0 radical (unpaired) electrons. The molecule has 1 heterocycles. The number of rotatable bonds is 7. The van der Waals surface area contributed by atoms with Gasteiger partial charge in [-0.05, 0) is 37.6 Å². The predicted molar refractivity (Wildman–Crippen MR) is 88.4 cm³/mol. The maximum Gasteiger partial charge on any atom is 0.128 e. The number of allylic oxidation sites excluding steroid dienone is 1. The van der Waals surface area contributed by atoms with Gasteiger partial charge in [-0.15, -0.1) is 6.58 Å².